The van der Waals surface area contributed by atoms with Crippen LogP contribution < -0.4 is 10.0 Å². The van der Waals surface area contributed by atoms with Gasteiger partial charge in [0.25, 0.3) is 0 Å². The molecule has 1 rings (SSSR count). The van der Waals surface area contributed by atoms with Crippen LogP contribution in [0, 0.1) is 5.82 Å². The topological polar surface area (TPSA) is 113 Å². The van der Waals surface area contributed by atoms with Gasteiger partial charge < -0.3 is 10.4 Å². The maximum atomic E-state index is 12.7. The summed E-state index contributed by atoms with van der Waals surface area (Å²) in [5, 5.41) is 11.0. The highest BCUT2D eigenvalue weighted by molar-refractivity contribution is 7.89. The van der Waals surface area contributed by atoms with Crippen molar-refractivity contribution < 1.29 is 27.5 Å². The number of unbranched alkanes of at least 4 members (excludes halogenated alkanes) is 1. The lowest BCUT2D eigenvalue weighted by molar-refractivity contribution is -0.137. The first-order valence-electron chi connectivity index (χ1n) is 7.05. The van der Waals surface area contributed by atoms with Crippen molar-refractivity contribution in [2.75, 3.05) is 13.1 Å². The fourth-order valence-corrected chi connectivity index (χ4v) is 2.75. The molecule has 23 heavy (non-hydrogen) atoms. The smallest absolute Gasteiger partial charge is 0.303 e. The van der Waals surface area contributed by atoms with E-state index in [2.05, 4.69) is 10.0 Å². The summed E-state index contributed by atoms with van der Waals surface area (Å²) >= 11 is 0. The molecule has 0 bridgehead atoms. The number of hydrogen-bond acceptors (Lipinski definition) is 4. The van der Waals surface area contributed by atoms with Crippen LogP contribution in [-0.2, 0) is 19.6 Å². The predicted octanol–water partition coefficient (Wildman–Crippen LogP) is 0.865. The standard InChI is InChI=1S/C14H19FN2O5S/c15-11-4-6-12(7-5-11)23(21,22)17-10-8-13(18)16-9-2-1-3-14(19)20/h4-7,17H,1-3,8-10H2,(H,16,18)(H,19,20). The highest BCUT2D eigenvalue weighted by Gasteiger charge is 2.14. The van der Waals surface area contributed by atoms with Crippen LogP contribution in [0.25, 0.3) is 0 Å². The maximum absolute atomic E-state index is 12.7. The number of aliphatic carboxylic acids is 1. The van der Waals surface area contributed by atoms with Crippen molar-refractivity contribution in [1.29, 1.82) is 0 Å². The van der Waals surface area contributed by atoms with E-state index in [1.807, 2.05) is 0 Å². The number of carbonyl (C=O) groups is 2. The highest BCUT2D eigenvalue weighted by Crippen LogP contribution is 2.09. The van der Waals surface area contributed by atoms with Crippen LogP contribution >= 0.6 is 0 Å². The molecule has 0 saturated carbocycles. The summed E-state index contributed by atoms with van der Waals surface area (Å²) < 4.78 is 38.7. The highest BCUT2D eigenvalue weighted by atomic mass is 32.2. The van der Waals surface area contributed by atoms with Crippen LogP contribution in [0.15, 0.2) is 29.2 Å². The van der Waals surface area contributed by atoms with Gasteiger partial charge in [-0.3, -0.25) is 9.59 Å². The van der Waals surface area contributed by atoms with E-state index in [-0.39, 0.29) is 30.2 Å². The number of rotatable bonds is 10. The molecule has 9 heteroatoms. The summed E-state index contributed by atoms with van der Waals surface area (Å²) in [6.07, 6.45) is 1.01. The number of hydrogen-bond donors (Lipinski definition) is 3. The van der Waals surface area contributed by atoms with Crippen LogP contribution in [0.5, 0.6) is 0 Å². The molecule has 0 aliphatic rings. The van der Waals surface area contributed by atoms with Gasteiger partial charge in [-0.05, 0) is 37.1 Å². The predicted molar refractivity (Wildman–Crippen MR) is 80.7 cm³/mol. The SMILES string of the molecule is O=C(O)CCCCNC(=O)CCNS(=O)(=O)c1ccc(F)cc1. The van der Waals surface area contributed by atoms with Gasteiger partial charge in [0.2, 0.25) is 15.9 Å². The Bertz CT molecular complexity index is 631. The average Bonchev–Trinajstić information content (AvgIpc) is 2.46. The zero-order chi connectivity index (χ0) is 17.3. The van der Waals surface area contributed by atoms with Crippen LogP contribution in [0.1, 0.15) is 25.7 Å². The van der Waals surface area contributed by atoms with Crippen molar-refractivity contribution in [1.82, 2.24) is 10.0 Å². The normalized spacial score (nSPS) is 11.2. The zero-order valence-electron chi connectivity index (χ0n) is 12.4. The zero-order valence-corrected chi connectivity index (χ0v) is 13.2. The Morgan fingerprint density at radius 2 is 1.70 bits per heavy atom. The number of amides is 1. The molecule has 128 valence electrons. The largest absolute Gasteiger partial charge is 0.481 e. The molecular weight excluding hydrogens is 327 g/mol. The molecule has 0 fully saturated rings. The second-order valence-electron chi connectivity index (χ2n) is 4.80. The van der Waals surface area contributed by atoms with Crippen molar-refractivity contribution in [3.63, 3.8) is 0 Å². The fourth-order valence-electron chi connectivity index (χ4n) is 1.71. The Balaban J connectivity index is 2.26. The van der Waals surface area contributed by atoms with Gasteiger partial charge in [-0.15, -0.1) is 0 Å². The number of halogens is 1. The van der Waals surface area contributed by atoms with Gasteiger partial charge in [-0.2, -0.15) is 0 Å². The molecule has 0 aromatic heterocycles. The summed E-state index contributed by atoms with van der Waals surface area (Å²) in [7, 11) is -3.77. The Morgan fingerprint density at radius 1 is 1.04 bits per heavy atom. The van der Waals surface area contributed by atoms with Crippen molar-refractivity contribution in [2.24, 2.45) is 0 Å². The lowest BCUT2D eigenvalue weighted by Gasteiger charge is -2.07. The third-order valence-corrected chi connectivity index (χ3v) is 4.38. The van der Waals surface area contributed by atoms with Crippen LogP contribution in [0.3, 0.4) is 0 Å². The van der Waals surface area contributed by atoms with Gasteiger partial charge in [0, 0.05) is 25.9 Å². The van der Waals surface area contributed by atoms with Crippen molar-refractivity contribution in [3.05, 3.63) is 30.1 Å². The number of sulfonamides is 1. The van der Waals surface area contributed by atoms with E-state index in [0.717, 1.165) is 24.3 Å². The third kappa shape index (κ3) is 7.71. The van der Waals surface area contributed by atoms with Crippen molar-refractivity contribution in [2.45, 2.75) is 30.6 Å². The molecule has 0 aliphatic carbocycles. The third-order valence-electron chi connectivity index (χ3n) is 2.91. The van der Waals surface area contributed by atoms with E-state index < -0.39 is 21.8 Å². The lowest BCUT2D eigenvalue weighted by atomic mass is 10.2. The summed E-state index contributed by atoms with van der Waals surface area (Å²) in [5.41, 5.74) is 0. The summed E-state index contributed by atoms with van der Waals surface area (Å²) in [6.45, 7) is 0.261. The molecule has 7 nitrogen and oxygen atoms in total. The van der Waals surface area contributed by atoms with Gasteiger partial charge >= 0.3 is 5.97 Å². The van der Waals surface area contributed by atoms with Gasteiger partial charge in [0.15, 0.2) is 0 Å². The minimum absolute atomic E-state index is 0.0423. The van der Waals surface area contributed by atoms with E-state index in [1.165, 1.54) is 0 Å². The van der Waals surface area contributed by atoms with Crippen LogP contribution in [0.4, 0.5) is 4.39 Å². The number of benzene rings is 1. The number of carboxylic acids is 1. The van der Waals surface area contributed by atoms with E-state index in [1.54, 1.807) is 0 Å². The molecule has 1 aromatic rings. The minimum atomic E-state index is -3.77. The summed E-state index contributed by atoms with van der Waals surface area (Å²) in [6, 6.07) is 4.36. The Kier molecular flexibility index (Phi) is 7.63. The Hall–Kier alpha value is -2.00. The molecule has 0 spiro atoms. The lowest BCUT2D eigenvalue weighted by Crippen LogP contribution is -2.31. The summed E-state index contributed by atoms with van der Waals surface area (Å²) in [4.78, 5) is 21.7. The molecule has 0 saturated heterocycles. The second kappa shape index (κ2) is 9.21. The number of nitrogens with one attached hydrogen (secondary N) is 2. The molecule has 0 radical (unpaired) electrons. The molecule has 0 aliphatic heterocycles. The monoisotopic (exact) mass is 346 g/mol. The van der Waals surface area contributed by atoms with Gasteiger partial charge in [0.1, 0.15) is 5.82 Å². The Labute approximate surface area is 133 Å². The molecule has 0 atom stereocenters. The van der Waals surface area contributed by atoms with Crippen LogP contribution in [0.2, 0.25) is 0 Å². The van der Waals surface area contributed by atoms with Crippen molar-refractivity contribution >= 4 is 21.9 Å². The van der Waals surface area contributed by atoms with Crippen LogP contribution in [-0.4, -0.2) is 38.5 Å². The van der Waals surface area contributed by atoms with Gasteiger partial charge in [0.05, 0.1) is 4.90 Å². The first kappa shape index (κ1) is 19.0. The van der Waals surface area contributed by atoms with Gasteiger partial charge in [-0.25, -0.2) is 17.5 Å². The minimum Gasteiger partial charge on any atom is -0.481 e. The molecule has 1 aromatic carbocycles. The average molecular weight is 346 g/mol. The number of carboxylic acid groups (broad SMARTS) is 1. The number of carbonyl (C=O) groups excluding carboxylic acids is 1. The first-order valence-corrected chi connectivity index (χ1v) is 8.53. The molecular formula is C14H19FN2O5S. The fraction of sp³-hybridized carbons (Fsp3) is 0.429. The van der Waals surface area contributed by atoms with E-state index in [0.29, 0.717) is 19.4 Å². The van der Waals surface area contributed by atoms with E-state index >= 15 is 0 Å². The van der Waals surface area contributed by atoms with E-state index in [9.17, 15) is 22.4 Å². The second-order valence-corrected chi connectivity index (χ2v) is 6.57. The Morgan fingerprint density at radius 3 is 2.30 bits per heavy atom. The quantitative estimate of drug-likeness (QED) is 0.544. The van der Waals surface area contributed by atoms with Gasteiger partial charge in [-0.1, -0.05) is 0 Å². The molecule has 0 unspecified atom stereocenters. The maximum Gasteiger partial charge on any atom is 0.303 e. The molecule has 3 N–H and O–H groups in total. The first-order chi connectivity index (χ1) is 10.8. The molecule has 1 amide bonds. The summed E-state index contributed by atoms with van der Waals surface area (Å²) in [5.74, 6) is -1.75. The van der Waals surface area contributed by atoms with E-state index in [4.69, 9.17) is 5.11 Å². The molecule has 0 heterocycles. The van der Waals surface area contributed by atoms with Crippen molar-refractivity contribution in [3.8, 4) is 0 Å².